The predicted octanol–water partition coefficient (Wildman–Crippen LogP) is 0.365. The van der Waals surface area contributed by atoms with E-state index < -0.39 is 0 Å². The van der Waals surface area contributed by atoms with Crippen molar-refractivity contribution < 1.29 is 4.79 Å². The summed E-state index contributed by atoms with van der Waals surface area (Å²) in [5.74, 6) is 0.301. The zero-order valence-electron chi connectivity index (χ0n) is 6.61. The zero-order valence-corrected chi connectivity index (χ0v) is 6.61. The van der Waals surface area contributed by atoms with E-state index in [0.717, 1.165) is 0 Å². The minimum atomic E-state index is -0.169. The summed E-state index contributed by atoms with van der Waals surface area (Å²) in [6.07, 6.45) is 1.63. The Bertz CT molecular complexity index is 322. The van der Waals surface area contributed by atoms with Crippen molar-refractivity contribution >= 4 is 11.7 Å². The summed E-state index contributed by atoms with van der Waals surface area (Å²) in [6, 6.07) is 3.58. The summed E-state index contributed by atoms with van der Waals surface area (Å²) in [5, 5.41) is 14.7. The van der Waals surface area contributed by atoms with Gasteiger partial charge in [-0.3, -0.25) is 9.48 Å². The molecule has 12 heavy (non-hydrogen) atoms. The normalized spacial score (nSPS) is 9.00. The molecule has 1 heterocycles. The van der Waals surface area contributed by atoms with Gasteiger partial charge in [0.15, 0.2) is 5.82 Å². The molecule has 0 aromatic carbocycles. The van der Waals surface area contributed by atoms with E-state index in [-0.39, 0.29) is 12.5 Å². The van der Waals surface area contributed by atoms with Crippen molar-refractivity contribution in [3.05, 3.63) is 12.3 Å². The molecule has 0 spiro atoms. The van der Waals surface area contributed by atoms with Crippen molar-refractivity contribution in [2.24, 2.45) is 0 Å². The first kappa shape index (κ1) is 8.27. The lowest BCUT2D eigenvalue weighted by Gasteiger charge is -1.94. The average Bonchev–Trinajstić information content (AvgIpc) is 2.36. The third-order valence-electron chi connectivity index (χ3n) is 1.18. The molecule has 5 heteroatoms. The van der Waals surface area contributed by atoms with Crippen LogP contribution in [-0.2, 0) is 11.3 Å². The molecule has 1 aromatic rings. The Morgan fingerprint density at radius 2 is 2.67 bits per heavy atom. The standard InChI is InChI=1S/C7H8N4O/c1-6(12)9-7-2-4-11(10-7)5-3-8/h2,4H,5H2,1H3,(H,9,10,12). The fourth-order valence-electron chi connectivity index (χ4n) is 0.769. The molecule has 1 N–H and O–H groups in total. The highest BCUT2D eigenvalue weighted by atomic mass is 16.1. The summed E-state index contributed by atoms with van der Waals surface area (Å²) in [4.78, 5) is 10.6. The van der Waals surface area contributed by atoms with Gasteiger partial charge in [-0.2, -0.15) is 10.4 Å². The predicted molar refractivity (Wildman–Crippen MR) is 42.1 cm³/mol. The third kappa shape index (κ3) is 2.09. The van der Waals surface area contributed by atoms with Crippen LogP contribution < -0.4 is 5.32 Å². The van der Waals surface area contributed by atoms with Gasteiger partial charge < -0.3 is 5.32 Å². The zero-order chi connectivity index (χ0) is 8.97. The molecule has 0 radical (unpaired) electrons. The molecule has 0 bridgehead atoms. The van der Waals surface area contributed by atoms with E-state index in [1.165, 1.54) is 11.6 Å². The molecule has 0 atom stereocenters. The number of amides is 1. The molecular formula is C7H8N4O. The number of hydrogen-bond acceptors (Lipinski definition) is 3. The summed E-state index contributed by atoms with van der Waals surface area (Å²) in [5.41, 5.74) is 0. The van der Waals surface area contributed by atoms with Crippen LogP contribution in [0.2, 0.25) is 0 Å². The second-order valence-electron chi connectivity index (χ2n) is 2.24. The molecule has 0 fully saturated rings. The molecule has 0 aliphatic carbocycles. The van der Waals surface area contributed by atoms with Gasteiger partial charge in [0, 0.05) is 19.2 Å². The summed E-state index contributed by atoms with van der Waals surface area (Å²) >= 11 is 0. The molecule has 0 aliphatic heterocycles. The first-order valence-electron chi connectivity index (χ1n) is 3.40. The van der Waals surface area contributed by atoms with E-state index in [4.69, 9.17) is 5.26 Å². The van der Waals surface area contributed by atoms with E-state index in [1.807, 2.05) is 6.07 Å². The number of nitrogens with zero attached hydrogens (tertiary/aromatic N) is 3. The van der Waals surface area contributed by atoms with E-state index >= 15 is 0 Å². The average molecular weight is 164 g/mol. The maximum absolute atomic E-state index is 10.6. The molecule has 0 saturated carbocycles. The highest BCUT2D eigenvalue weighted by Crippen LogP contribution is 2.00. The van der Waals surface area contributed by atoms with Crippen LogP contribution in [0.25, 0.3) is 0 Å². The van der Waals surface area contributed by atoms with Gasteiger partial charge in [0.1, 0.15) is 6.54 Å². The second kappa shape index (κ2) is 3.53. The second-order valence-corrected chi connectivity index (χ2v) is 2.24. The number of hydrogen-bond donors (Lipinski definition) is 1. The third-order valence-corrected chi connectivity index (χ3v) is 1.18. The van der Waals surface area contributed by atoms with Crippen molar-refractivity contribution in [1.29, 1.82) is 5.26 Å². The van der Waals surface area contributed by atoms with Crippen LogP contribution in [0.5, 0.6) is 0 Å². The van der Waals surface area contributed by atoms with E-state index in [9.17, 15) is 4.79 Å². The minimum Gasteiger partial charge on any atom is -0.309 e. The molecule has 1 aromatic heterocycles. The van der Waals surface area contributed by atoms with Gasteiger partial charge in [-0.15, -0.1) is 0 Å². The van der Waals surface area contributed by atoms with E-state index in [0.29, 0.717) is 5.82 Å². The van der Waals surface area contributed by atoms with Gasteiger partial charge >= 0.3 is 0 Å². The smallest absolute Gasteiger partial charge is 0.222 e. The first-order valence-corrected chi connectivity index (χ1v) is 3.40. The van der Waals surface area contributed by atoms with Crippen molar-refractivity contribution in [2.75, 3.05) is 5.32 Å². The van der Waals surface area contributed by atoms with Crippen molar-refractivity contribution in [1.82, 2.24) is 9.78 Å². The summed E-state index contributed by atoms with van der Waals surface area (Å²) in [7, 11) is 0. The van der Waals surface area contributed by atoms with Crippen LogP contribution >= 0.6 is 0 Å². The summed E-state index contributed by atoms with van der Waals surface area (Å²) in [6.45, 7) is 1.60. The van der Waals surface area contributed by atoms with Crippen molar-refractivity contribution in [2.45, 2.75) is 13.5 Å². The van der Waals surface area contributed by atoms with Gasteiger partial charge in [-0.05, 0) is 0 Å². The molecule has 0 aliphatic rings. The monoisotopic (exact) mass is 164 g/mol. The Hall–Kier alpha value is -1.83. The Labute approximate surface area is 69.6 Å². The first-order chi connectivity index (χ1) is 5.72. The van der Waals surface area contributed by atoms with Gasteiger partial charge in [0.2, 0.25) is 5.91 Å². The number of carbonyl (C=O) groups excluding carboxylic acids is 1. The maximum Gasteiger partial charge on any atom is 0.222 e. The summed E-state index contributed by atoms with van der Waals surface area (Å²) < 4.78 is 1.45. The highest BCUT2D eigenvalue weighted by molar-refractivity contribution is 5.87. The highest BCUT2D eigenvalue weighted by Gasteiger charge is 1.98. The van der Waals surface area contributed by atoms with Crippen LogP contribution in [0.1, 0.15) is 6.92 Å². The van der Waals surface area contributed by atoms with E-state index in [2.05, 4.69) is 10.4 Å². The number of rotatable bonds is 2. The Kier molecular flexibility index (Phi) is 2.43. The Morgan fingerprint density at radius 1 is 1.92 bits per heavy atom. The van der Waals surface area contributed by atoms with Crippen LogP contribution in [0.4, 0.5) is 5.82 Å². The number of anilines is 1. The molecule has 62 valence electrons. The largest absolute Gasteiger partial charge is 0.309 e. The van der Waals surface area contributed by atoms with Crippen LogP contribution in [-0.4, -0.2) is 15.7 Å². The van der Waals surface area contributed by atoms with Gasteiger partial charge in [0.05, 0.1) is 6.07 Å². The lowest BCUT2D eigenvalue weighted by atomic mass is 10.6. The fraction of sp³-hybridized carbons (Fsp3) is 0.286. The molecule has 0 unspecified atom stereocenters. The maximum atomic E-state index is 10.6. The van der Waals surface area contributed by atoms with E-state index in [1.54, 1.807) is 12.3 Å². The molecule has 1 rings (SSSR count). The number of aromatic nitrogens is 2. The Balaban J connectivity index is 2.65. The number of carbonyl (C=O) groups is 1. The topological polar surface area (TPSA) is 70.7 Å². The molecular weight excluding hydrogens is 156 g/mol. The van der Waals surface area contributed by atoms with Crippen molar-refractivity contribution in [3.63, 3.8) is 0 Å². The minimum absolute atomic E-state index is 0.169. The van der Waals surface area contributed by atoms with Crippen LogP contribution in [0.15, 0.2) is 12.3 Å². The lowest BCUT2D eigenvalue weighted by Crippen LogP contribution is -2.07. The molecule has 1 amide bonds. The SMILES string of the molecule is CC(=O)Nc1ccn(CC#N)n1. The van der Waals surface area contributed by atoms with Crippen molar-refractivity contribution in [3.8, 4) is 6.07 Å². The van der Waals surface area contributed by atoms with Gasteiger partial charge in [-0.1, -0.05) is 0 Å². The van der Waals surface area contributed by atoms with Gasteiger partial charge in [0.25, 0.3) is 0 Å². The number of nitriles is 1. The van der Waals surface area contributed by atoms with Crippen LogP contribution in [0, 0.1) is 11.3 Å². The quantitative estimate of drug-likeness (QED) is 0.686. The van der Waals surface area contributed by atoms with Gasteiger partial charge in [-0.25, -0.2) is 0 Å². The molecule has 5 nitrogen and oxygen atoms in total. The molecule has 0 saturated heterocycles. The Morgan fingerprint density at radius 3 is 3.25 bits per heavy atom. The number of nitrogens with one attached hydrogen (secondary N) is 1. The lowest BCUT2D eigenvalue weighted by molar-refractivity contribution is -0.114. The fourth-order valence-corrected chi connectivity index (χ4v) is 0.769. The van der Waals surface area contributed by atoms with Crippen LogP contribution in [0.3, 0.4) is 0 Å².